The van der Waals surface area contributed by atoms with E-state index in [1.165, 1.54) is 0 Å². The molecule has 0 atom stereocenters. The SMILES string of the molecule is Cc1ccc(-c2noc(C(=O)NCCc3ncc(C(F)(F)F)cc3Cl)n2)cc1. The molecule has 0 fully saturated rings. The minimum absolute atomic E-state index is 0.0825. The molecule has 0 bridgehead atoms. The number of pyridine rings is 1. The van der Waals surface area contributed by atoms with Crippen LogP contribution in [0.2, 0.25) is 5.02 Å². The molecule has 0 spiro atoms. The van der Waals surface area contributed by atoms with E-state index < -0.39 is 17.6 Å². The molecule has 0 radical (unpaired) electrons. The van der Waals surface area contributed by atoms with Crippen molar-refractivity contribution in [3.8, 4) is 11.4 Å². The lowest BCUT2D eigenvalue weighted by molar-refractivity contribution is -0.137. The quantitative estimate of drug-likeness (QED) is 0.685. The zero-order chi connectivity index (χ0) is 20.3. The van der Waals surface area contributed by atoms with E-state index in [-0.39, 0.29) is 35.4 Å². The fourth-order valence-corrected chi connectivity index (χ4v) is 2.57. The average Bonchev–Trinajstić information content (AvgIpc) is 3.13. The molecule has 2 aromatic heterocycles. The van der Waals surface area contributed by atoms with Crippen molar-refractivity contribution >= 4 is 17.5 Å². The normalized spacial score (nSPS) is 11.5. The van der Waals surface area contributed by atoms with Gasteiger partial charge in [0.2, 0.25) is 5.82 Å². The highest BCUT2D eigenvalue weighted by Crippen LogP contribution is 2.31. The molecule has 3 aromatic rings. The van der Waals surface area contributed by atoms with Gasteiger partial charge in [0.15, 0.2) is 0 Å². The maximum atomic E-state index is 12.6. The van der Waals surface area contributed by atoms with Crippen LogP contribution in [-0.4, -0.2) is 27.6 Å². The Hall–Kier alpha value is -2.94. The summed E-state index contributed by atoms with van der Waals surface area (Å²) in [6.45, 7) is 2.02. The number of nitrogens with one attached hydrogen (secondary N) is 1. The molecule has 0 saturated carbocycles. The van der Waals surface area contributed by atoms with E-state index in [0.717, 1.165) is 11.6 Å². The molecule has 28 heavy (non-hydrogen) atoms. The Morgan fingerprint density at radius 2 is 1.96 bits per heavy atom. The van der Waals surface area contributed by atoms with E-state index in [4.69, 9.17) is 16.1 Å². The van der Waals surface area contributed by atoms with Crippen LogP contribution in [-0.2, 0) is 12.6 Å². The molecule has 0 aliphatic heterocycles. The van der Waals surface area contributed by atoms with Crippen LogP contribution < -0.4 is 5.32 Å². The van der Waals surface area contributed by atoms with Crippen molar-refractivity contribution in [2.45, 2.75) is 19.5 Å². The predicted molar refractivity (Wildman–Crippen MR) is 94.8 cm³/mol. The molecule has 3 rings (SSSR count). The number of halogens is 4. The lowest BCUT2D eigenvalue weighted by Gasteiger charge is -2.09. The highest BCUT2D eigenvalue weighted by Gasteiger charge is 2.31. The standard InChI is InChI=1S/C18H14ClF3N4O2/c1-10-2-4-11(5-3-10)15-25-17(28-26-15)16(27)23-7-6-14-13(19)8-12(9-24-14)18(20,21)22/h2-5,8-9H,6-7H2,1H3,(H,23,27). The zero-order valence-electron chi connectivity index (χ0n) is 14.5. The summed E-state index contributed by atoms with van der Waals surface area (Å²) in [6.07, 6.45) is -3.67. The minimum Gasteiger partial charge on any atom is -0.347 e. The predicted octanol–water partition coefficient (Wildman–Crippen LogP) is 4.08. The van der Waals surface area contributed by atoms with Crippen LogP contribution in [0.15, 0.2) is 41.1 Å². The van der Waals surface area contributed by atoms with Gasteiger partial charge in [0.1, 0.15) is 0 Å². The average molecular weight is 411 g/mol. The Balaban J connectivity index is 1.58. The number of aryl methyl sites for hydroxylation is 1. The number of aromatic nitrogens is 3. The monoisotopic (exact) mass is 410 g/mol. The van der Waals surface area contributed by atoms with Gasteiger partial charge >= 0.3 is 18.0 Å². The largest absolute Gasteiger partial charge is 0.417 e. The van der Waals surface area contributed by atoms with Gasteiger partial charge in [0.25, 0.3) is 0 Å². The van der Waals surface area contributed by atoms with Crippen molar-refractivity contribution < 1.29 is 22.5 Å². The van der Waals surface area contributed by atoms with Crippen LogP contribution in [0.3, 0.4) is 0 Å². The van der Waals surface area contributed by atoms with E-state index >= 15 is 0 Å². The molecule has 1 aromatic carbocycles. The Bertz CT molecular complexity index is 987. The third-order valence-corrected chi connectivity index (χ3v) is 4.15. The van der Waals surface area contributed by atoms with Crippen molar-refractivity contribution in [2.75, 3.05) is 6.54 Å². The summed E-state index contributed by atoms with van der Waals surface area (Å²) in [6, 6.07) is 8.18. The van der Waals surface area contributed by atoms with Gasteiger partial charge in [0.05, 0.1) is 16.3 Å². The van der Waals surface area contributed by atoms with Crippen LogP contribution in [0.1, 0.15) is 27.5 Å². The molecule has 6 nitrogen and oxygen atoms in total. The van der Waals surface area contributed by atoms with Gasteiger partial charge in [-0.15, -0.1) is 0 Å². The molecule has 2 heterocycles. The van der Waals surface area contributed by atoms with Gasteiger partial charge in [-0.25, -0.2) is 0 Å². The summed E-state index contributed by atoms with van der Waals surface area (Å²) in [5.74, 6) is -0.548. The summed E-state index contributed by atoms with van der Waals surface area (Å²) >= 11 is 5.83. The maximum absolute atomic E-state index is 12.6. The van der Waals surface area contributed by atoms with Gasteiger partial charge in [-0.2, -0.15) is 18.2 Å². The Labute approximate surface area is 162 Å². The summed E-state index contributed by atoms with van der Waals surface area (Å²) in [5.41, 5.74) is 1.08. The molecule has 0 aliphatic carbocycles. The first-order chi connectivity index (χ1) is 13.2. The lowest BCUT2D eigenvalue weighted by atomic mass is 10.1. The second kappa shape index (κ2) is 7.97. The van der Waals surface area contributed by atoms with Gasteiger partial charge in [-0.1, -0.05) is 46.6 Å². The number of benzene rings is 1. The number of carbonyl (C=O) groups is 1. The number of carbonyl (C=O) groups excluding carboxylic acids is 1. The van der Waals surface area contributed by atoms with Crippen molar-refractivity contribution in [3.05, 3.63) is 64.3 Å². The first-order valence-electron chi connectivity index (χ1n) is 8.14. The Morgan fingerprint density at radius 1 is 1.25 bits per heavy atom. The third-order valence-electron chi connectivity index (χ3n) is 3.82. The summed E-state index contributed by atoms with van der Waals surface area (Å²) in [4.78, 5) is 19.8. The van der Waals surface area contributed by atoms with E-state index in [2.05, 4.69) is 20.4 Å². The van der Waals surface area contributed by atoms with Gasteiger partial charge < -0.3 is 9.84 Å². The van der Waals surface area contributed by atoms with Crippen LogP contribution >= 0.6 is 11.6 Å². The van der Waals surface area contributed by atoms with Crippen molar-refractivity contribution in [3.63, 3.8) is 0 Å². The molecular formula is C18H14ClF3N4O2. The molecule has 0 aliphatic rings. The first-order valence-corrected chi connectivity index (χ1v) is 8.52. The number of rotatable bonds is 5. The van der Waals surface area contributed by atoms with Crippen LogP contribution in [0.5, 0.6) is 0 Å². The third kappa shape index (κ3) is 4.66. The van der Waals surface area contributed by atoms with E-state index in [9.17, 15) is 18.0 Å². The molecule has 0 saturated heterocycles. The van der Waals surface area contributed by atoms with Crippen LogP contribution in [0.4, 0.5) is 13.2 Å². The topological polar surface area (TPSA) is 80.9 Å². The number of amides is 1. The van der Waals surface area contributed by atoms with Crippen LogP contribution in [0, 0.1) is 6.92 Å². The Morgan fingerprint density at radius 3 is 2.61 bits per heavy atom. The highest BCUT2D eigenvalue weighted by molar-refractivity contribution is 6.31. The van der Waals surface area contributed by atoms with Crippen LogP contribution in [0.25, 0.3) is 11.4 Å². The second-order valence-corrected chi connectivity index (χ2v) is 6.35. The fraction of sp³-hybridized carbons (Fsp3) is 0.222. The summed E-state index contributed by atoms with van der Waals surface area (Å²) in [7, 11) is 0. The highest BCUT2D eigenvalue weighted by atomic mass is 35.5. The second-order valence-electron chi connectivity index (χ2n) is 5.95. The summed E-state index contributed by atoms with van der Waals surface area (Å²) < 4.78 is 42.8. The molecular weight excluding hydrogens is 397 g/mol. The van der Waals surface area contributed by atoms with Gasteiger partial charge in [-0.05, 0) is 13.0 Å². The molecule has 0 unspecified atom stereocenters. The number of hydrogen-bond donors (Lipinski definition) is 1. The molecule has 1 amide bonds. The van der Waals surface area contributed by atoms with Gasteiger partial charge in [0, 0.05) is 24.7 Å². The maximum Gasteiger partial charge on any atom is 0.417 e. The molecule has 10 heteroatoms. The number of nitrogens with zero attached hydrogens (tertiary/aromatic N) is 3. The van der Waals surface area contributed by atoms with E-state index in [1.54, 1.807) is 12.1 Å². The number of hydrogen-bond acceptors (Lipinski definition) is 5. The lowest BCUT2D eigenvalue weighted by Crippen LogP contribution is -2.26. The summed E-state index contributed by atoms with van der Waals surface area (Å²) in [5, 5.41) is 6.18. The Kier molecular flexibility index (Phi) is 5.64. The fourth-order valence-electron chi connectivity index (χ4n) is 2.31. The zero-order valence-corrected chi connectivity index (χ0v) is 15.3. The molecule has 1 N–H and O–H groups in total. The van der Waals surface area contributed by atoms with E-state index in [0.29, 0.717) is 11.8 Å². The van der Waals surface area contributed by atoms with Crippen molar-refractivity contribution in [1.29, 1.82) is 0 Å². The molecule has 146 valence electrons. The number of alkyl halides is 3. The smallest absolute Gasteiger partial charge is 0.347 e. The minimum atomic E-state index is -4.52. The van der Waals surface area contributed by atoms with E-state index in [1.807, 2.05) is 19.1 Å². The van der Waals surface area contributed by atoms with Crippen molar-refractivity contribution in [1.82, 2.24) is 20.4 Å². The van der Waals surface area contributed by atoms with Crippen molar-refractivity contribution in [2.24, 2.45) is 0 Å². The first kappa shape index (κ1) is 19.8. The van der Waals surface area contributed by atoms with Gasteiger partial charge in [-0.3, -0.25) is 9.78 Å².